The fourth-order valence-corrected chi connectivity index (χ4v) is 1.55. The van der Waals surface area contributed by atoms with E-state index in [2.05, 4.69) is 6.19 Å². The van der Waals surface area contributed by atoms with E-state index in [0.29, 0.717) is 0 Å². The van der Waals surface area contributed by atoms with Crippen molar-refractivity contribution in [3.05, 3.63) is 0 Å². The average molecular weight is 128 g/mol. The van der Waals surface area contributed by atoms with E-state index in [4.69, 9.17) is 5.26 Å². The average Bonchev–Trinajstić information content (AvgIpc) is 1.90. The predicted molar refractivity (Wildman–Crippen MR) is 34.0 cm³/mol. The zero-order valence-corrected chi connectivity index (χ0v) is 5.45. The van der Waals surface area contributed by atoms with Crippen LogP contribution in [0.5, 0.6) is 0 Å². The Labute approximate surface area is 53.6 Å². The van der Waals surface area contributed by atoms with Crippen molar-refractivity contribution >= 4 is 11.9 Å². The number of nitriles is 1. The lowest BCUT2D eigenvalue weighted by molar-refractivity contribution is 0.570. The molecule has 1 fully saturated rings. The summed E-state index contributed by atoms with van der Waals surface area (Å²) in [6.07, 6.45) is 4.55. The second-order valence-corrected chi connectivity index (χ2v) is 2.85. The molecule has 1 aliphatic heterocycles. The van der Waals surface area contributed by atoms with Crippen molar-refractivity contribution in [2.24, 2.45) is 0 Å². The molecule has 0 atom stereocenters. The van der Waals surface area contributed by atoms with E-state index in [1.54, 1.807) is 16.3 Å². The Morgan fingerprint density at radius 1 is 1.50 bits per heavy atom. The van der Waals surface area contributed by atoms with Crippen LogP contribution in [-0.4, -0.2) is 16.6 Å². The van der Waals surface area contributed by atoms with Crippen molar-refractivity contribution in [1.29, 1.82) is 5.26 Å². The smallest absolute Gasteiger partial charge is 0.190 e. The Kier molecular flexibility index (Phi) is 2.04. The second kappa shape index (κ2) is 2.83. The molecule has 0 unspecified atom stereocenters. The topological polar surface area (TPSA) is 27.0 Å². The van der Waals surface area contributed by atoms with Gasteiger partial charge in [-0.3, -0.25) is 4.31 Å². The standard InChI is InChI=1S/C5H8N2S/c6-5-7-3-1-2-4-8-7/h1-4H2. The van der Waals surface area contributed by atoms with Gasteiger partial charge >= 0.3 is 0 Å². The van der Waals surface area contributed by atoms with Crippen LogP contribution in [0.3, 0.4) is 0 Å². The maximum atomic E-state index is 8.35. The molecule has 0 aromatic carbocycles. The lowest BCUT2D eigenvalue weighted by atomic mass is 10.3. The maximum Gasteiger partial charge on any atom is 0.190 e. The number of rotatable bonds is 0. The van der Waals surface area contributed by atoms with E-state index in [1.165, 1.54) is 12.8 Å². The Morgan fingerprint density at radius 2 is 2.38 bits per heavy atom. The maximum absolute atomic E-state index is 8.35. The van der Waals surface area contributed by atoms with Crippen molar-refractivity contribution in [2.75, 3.05) is 12.3 Å². The van der Waals surface area contributed by atoms with Crippen LogP contribution < -0.4 is 0 Å². The third kappa shape index (κ3) is 1.31. The van der Waals surface area contributed by atoms with Crippen LogP contribution in [0.1, 0.15) is 12.8 Å². The summed E-state index contributed by atoms with van der Waals surface area (Å²) in [5.41, 5.74) is 0. The summed E-state index contributed by atoms with van der Waals surface area (Å²) in [6, 6.07) is 0. The molecular weight excluding hydrogens is 120 g/mol. The first-order chi connectivity index (χ1) is 3.93. The highest BCUT2D eigenvalue weighted by Crippen LogP contribution is 2.17. The lowest BCUT2D eigenvalue weighted by Crippen LogP contribution is -2.15. The van der Waals surface area contributed by atoms with Crippen LogP contribution in [-0.2, 0) is 0 Å². The van der Waals surface area contributed by atoms with Crippen LogP contribution in [0.4, 0.5) is 0 Å². The molecule has 0 spiro atoms. The van der Waals surface area contributed by atoms with Crippen LogP contribution in [0.15, 0.2) is 0 Å². The summed E-state index contributed by atoms with van der Waals surface area (Å²) in [7, 11) is 0. The minimum Gasteiger partial charge on any atom is -0.253 e. The highest BCUT2D eigenvalue weighted by atomic mass is 32.2. The van der Waals surface area contributed by atoms with Crippen molar-refractivity contribution in [3.8, 4) is 6.19 Å². The Morgan fingerprint density at radius 3 is 2.75 bits per heavy atom. The van der Waals surface area contributed by atoms with E-state index < -0.39 is 0 Å². The molecule has 0 radical (unpaired) electrons. The summed E-state index contributed by atoms with van der Waals surface area (Å²) in [5, 5.41) is 8.35. The monoisotopic (exact) mass is 128 g/mol. The molecule has 2 nitrogen and oxygen atoms in total. The van der Waals surface area contributed by atoms with Gasteiger partial charge in [0.1, 0.15) is 0 Å². The molecule has 8 heavy (non-hydrogen) atoms. The lowest BCUT2D eigenvalue weighted by Gasteiger charge is -2.17. The largest absolute Gasteiger partial charge is 0.253 e. The van der Waals surface area contributed by atoms with Gasteiger partial charge in [-0.05, 0) is 24.8 Å². The highest BCUT2D eigenvalue weighted by Gasteiger charge is 2.06. The minimum atomic E-state index is 0.946. The van der Waals surface area contributed by atoms with Gasteiger partial charge in [0.2, 0.25) is 0 Å². The Hall–Kier alpha value is -0.360. The van der Waals surface area contributed by atoms with Gasteiger partial charge in [0.15, 0.2) is 6.19 Å². The van der Waals surface area contributed by atoms with Gasteiger partial charge < -0.3 is 0 Å². The molecule has 0 aliphatic carbocycles. The molecule has 0 N–H and O–H groups in total. The van der Waals surface area contributed by atoms with Gasteiger partial charge in [-0.25, -0.2) is 0 Å². The molecule has 0 aromatic rings. The van der Waals surface area contributed by atoms with Gasteiger partial charge in [-0.2, -0.15) is 5.26 Å². The first-order valence-corrected chi connectivity index (χ1v) is 3.68. The predicted octanol–water partition coefficient (Wildman–Crippen LogP) is 1.21. The van der Waals surface area contributed by atoms with Gasteiger partial charge in [0.25, 0.3) is 0 Å². The quantitative estimate of drug-likeness (QED) is 0.362. The van der Waals surface area contributed by atoms with Gasteiger partial charge in [-0.15, -0.1) is 0 Å². The first kappa shape index (κ1) is 5.77. The summed E-state index contributed by atoms with van der Waals surface area (Å²) in [4.78, 5) is 0. The van der Waals surface area contributed by atoms with Crippen LogP contribution in [0.2, 0.25) is 0 Å². The minimum absolute atomic E-state index is 0.946. The highest BCUT2D eigenvalue weighted by molar-refractivity contribution is 7.97. The van der Waals surface area contributed by atoms with Crippen molar-refractivity contribution < 1.29 is 0 Å². The van der Waals surface area contributed by atoms with Crippen LogP contribution in [0.25, 0.3) is 0 Å². The summed E-state index contributed by atoms with van der Waals surface area (Å²) >= 11 is 1.64. The van der Waals surface area contributed by atoms with Crippen molar-refractivity contribution in [1.82, 2.24) is 4.31 Å². The fraction of sp³-hybridized carbons (Fsp3) is 0.800. The molecule has 44 valence electrons. The molecule has 0 amide bonds. The SMILES string of the molecule is N#CN1CCCCS1. The summed E-state index contributed by atoms with van der Waals surface area (Å²) in [6.45, 7) is 0.946. The van der Waals surface area contributed by atoms with Gasteiger partial charge in [-0.1, -0.05) is 0 Å². The molecule has 0 bridgehead atoms. The molecule has 1 rings (SSSR count). The molecule has 0 aromatic heterocycles. The van der Waals surface area contributed by atoms with Gasteiger partial charge in [0.05, 0.1) is 0 Å². The molecule has 1 aliphatic rings. The number of hydrogen-bond acceptors (Lipinski definition) is 3. The number of hydrogen-bond donors (Lipinski definition) is 0. The third-order valence-electron chi connectivity index (χ3n) is 1.11. The third-order valence-corrected chi connectivity index (χ3v) is 2.16. The van der Waals surface area contributed by atoms with E-state index in [0.717, 1.165) is 12.3 Å². The normalized spacial score (nSPS) is 20.1. The molecule has 0 saturated carbocycles. The van der Waals surface area contributed by atoms with E-state index in [-0.39, 0.29) is 0 Å². The van der Waals surface area contributed by atoms with Crippen LogP contribution in [0, 0.1) is 11.5 Å². The zero-order chi connectivity index (χ0) is 5.82. The number of nitrogens with zero attached hydrogens (tertiary/aromatic N) is 2. The molecule has 1 heterocycles. The van der Waals surface area contributed by atoms with E-state index in [9.17, 15) is 0 Å². The fourth-order valence-electron chi connectivity index (χ4n) is 0.676. The Balaban J connectivity index is 2.25. The van der Waals surface area contributed by atoms with E-state index >= 15 is 0 Å². The van der Waals surface area contributed by atoms with Crippen molar-refractivity contribution in [3.63, 3.8) is 0 Å². The summed E-state index contributed by atoms with van der Waals surface area (Å²) in [5.74, 6) is 1.12. The first-order valence-electron chi connectivity index (χ1n) is 2.73. The van der Waals surface area contributed by atoms with E-state index in [1.807, 2.05) is 0 Å². The van der Waals surface area contributed by atoms with Crippen molar-refractivity contribution in [2.45, 2.75) is 12.8 Å². The molecule has 1 saturated heterocycles. The molecular formula is C5H8N2S. The summed E-state index contributed by atoms with van der Waals surface area (Å²) < 4.78 is 1.74. The van der Waals surface area contributed by atoms with Gasteiger partial charge in [0, 0.05) is 12.3 Å². The Bertz CT molecular complexity index is 101. The second-order valence-electron chi connectivity index (χ2n) is 1.74. The zero-order valence-electron chi connectivity index (χ0n) is 4.63. The van der Waals surface area contributed by atoms with Crippen LogP contribution >= 0.6 is 11.9 Å². The molecule has 3 heteroatoms.